The largest absolute Gasteiger partial charge is 0.333 e. The Hall–Kier alpha value is -1.40. The average molecular weight is 336 g/mol. The number of sulfone groups is 1. The van der Waals surface area contributed by atoms with E-state index in [1.165, 1.54) is 0 Å². The van der Waals surface area contributed by atoms with E-state index < -0.39 is 9.84 Å². The van der Waals surface area contributed by atoms with Gasteiger partial charge in [0.15, 0.2) is 9.84 Å². The number of nitrogens with zero attached hydrogens (tertiary/aromatic N) is 1. The van der Waals surface area contributed by atoms with Gasteiger partial charge in [-0.1, -0.05) is 12.8 Å². The maximum Gasteiger partial charge on any atom is 0.254 e. The van der Waals surface area contributed by atoms with Crippen LogP contribution in [0.3, 0.4) is 0 Å². The molecule has 1 N–H and O–H groups in total. The highest BCUT2D eigenvalue weighted by Gasteiger charge is 2.30. The quantitative estimate of drug-likeness (QED) is 0.914. The van der Waals surface area contributed by atoms with Crippen LogP contribution in [0.1, 0.15) is 43.0 Å². The van der Waals surface area contributed by atoms with Crippen molar-refractivity contribution in [3.63, 3.8) is 0 Å². The predicted octanol–water partition coefficient (Wildman–Crippen LogP) is 1.84. The van der Waals surface area contributed by atoms with Crippen molar-refractivity contribution in [3.05, 3.63) is 29.8 Å². The number of rotatable bonds is 3. The lowest BCUT2D eigenvalue weighted by Gasteiger charge is -2.34. The molecule has 2 fully saturated rings. The van der Waals surface area contributed by atoms with Crippen LogP contribution in [0.25, 0.3) is 0 Å². The zero-order valence-electron chi connectivity index (χ0n) is 13.5. The molecular formula is C17H24N2O3S. The van der Waals surface area contributed by atoms with E-state index in [-0.39, 0.29) is 17.2 Å². The monoisotopic (exact) mass is 336 g/mol. The van der Waals surface area contributed by atoms with Crippen LogP contribution in [0.15, 0.2) is 29.2 Å². The third kappa shape index (κ3) is 3.28. The molecule has 1 aliphatic carbocycles. The van der Waals surface area contributed by atoms with Gasteiger partial charge in [-0.15, -0.1) is 0 Å². The minimum absolute atomic E-state index is 0.0242. The molecule has 1 unspecified atom stereocenters. The summed E-state index contributed by atoms with van der Waals surface area (Å²) < 4.78 is 25.1. The minimum atomic E-state index is -3.25. The van der Waals surface area contributed by atoms with Gasteiger partial charge in [-0.2, -0.15) is 0 Å². The lowest BCUT2D eigenvalue weighted by Crippen LogP contribution is -2.52. The maximum atomic E-state index is 12.6. The number of carbonyl (C=O) groups excluding carboxylic acids is 1. The molecule has 6 heteroatoms. The van der Waals surface area contributed by atoms with E-state index in [4.69, 9.17) is 0 Å². The standard InChI is InChI=1S/C17H24N2O3S/c1-13-12-18-10-11-19(13)17(20)14-6-8-16(9-7-14)23(21,22)15-4-2-3-5-15/h6-9,13,15,18H,2-5,10-12H2,1H3. The molecule has 1 heterocycles. The van der Waals surface area contributed by atoms with Crippen LogP contribution in [-0.2, 0) is 9.84 Å². The van der Waals surface area contributed by atoms with Crippen LogP contribution >= 0.6 is 0 Å². The summed E-state index contributed by atoms with van der Waals surface area (Å²) in [7, 11) is -3.25. The van der Waals surface area contributed by atoms with E-state index in [1.807, 2.05) is 11.8 Å². The average Bonchev–Trinajstić information content (AvgIpc) is 3.10. The van der Waals surface area contributed by atoms with Crippen LogP contribution in [0.4, 0.5) is 0 Å². The molecule has 1 saturated heterocycles. The zero-order valence-corrected chi connectivity index (χ0v) is 14.3. The SMILES string of the molecule is CC1CNCCN1C(=O)c1ccc(S(=O)(=O)C2CCCC2)cc1. The maximum absolute atomic E-state index is 12.6. The van der Waals surface area contributed by atoms with Crippen molar-refractivity contribution in [1.82, 2.24) is 10.2 Å². The molecule has 1 amide bonds. The van der Waals surface area contributed by atoms with E-state index in [1.54, 1.807) is 24.3 Å². The van der Waals surface area contributed by atoms with Gasteiger partial charge in [0.1, 0.15) is 0 Å². The first-order valence-corrected chi connectivity index (χ1v) is 9.90. The number of benzene rings is 1. The highest BCUT2D eigenvalue weighted by molar-refractivity contribution is 7.92. The fourth-order valence-corrected chi connectivity index (χ4v) is 5.34. The van der Waals surface area contributed by atoms with E-state index >= 15 is 0 Å². The van der Waals surface area contributed by atoms with E-state index in [9.17, 15) is 13.2 Å². The number of hydrogen-bond donors (Lipinski definition) is 1. The molecule has 0 radical (unpaired) electrons. The number of amides is 1. The molecule has 1 atom stereocenters. The van der Waals surface area contributed by atoms with Crippen LogP contribution in [0, 0.1) is 0 Å². The van der Waals surface area contributed by atoms with Gasteiger partial charge in [0.05, 0.1) is 10.1 Å². The van der Waals surface area contributed by atoms with Gasteiger partial charge in [-0.25, -0.2) is 8.42 Å². The smallest absolute Gasteiger partial charge is 0.254 e. The Balaban J connectivity index is 1.77. The van der Waals surface area contributed by atoms with Crippen molar-refractivity contribution in [2.24, 2.45) is 0 Å². The summed E-state index contributed by atoms with van der Waals surface area (Å²) in [6, 6.07) is 6.64. The molecular weight excluding hydrogens is 312 g/mol. The Morgan fingerprint density at radius 2 is 1.83 bits per heavy atom. The van der Waals surface area contributed by atoms with Gasteiger partial charge in [0.2, 0.25) is 0 Å². The highest BCUT2D eigenvalue weighted by atomic mass is 32.2. The van der Waals surface area contributed by atoms with Gasteiger partial charge in [-0.3, -0.25) is 4.79 Å². The number of nitrogens with one attached hydrogen (secondary N) is 1. The molecule has 0 spiro atoms. The molecule has 1 aromatic rings. The normalized spacial score (nSPS) is 23.2. The Morgan fingerprint density at radius 3 is 2.43 bits per heavy atom. The van der Waals surface area contributed by atoms with Crippen LogP contribution in [0.2, 0.25) is 0 Å². The van der Waals surface area contributed by atoms with Crippen LogP contribution < -0.4 is 5.32 Å². The predicted molar refractivity (Wildman–Crippen MR) is 89.3 cm³/mol. The third-order valence-corrected chi connectivity index (χ3v) is 7.21. The lowest BCUT2D eigenvalue weighted by molar-refractivity contribution is 0.0655. The second-order valence-corrected chi connectivity index (χ2v) is 8.76. The first-order chi connectivity index (χ1) is 11.0. The van der Waals surface area contributed by atoms with Crippen molar-refractivity contribution in [3.8, 4) is 0 Å². The van der Waals surface area contributed by atoms with Gasteiger partial charge in [0.25, 0.3) is 5.91 Å². The van der Waals surface area contributed by atoms with Crippen molar-refractivity contribution in [2.75, 3.05) is 19.6 Å². The summed E-state index contributed by atoms with van der Waals surface area (Å²) in [6.45, 7) is 4.29. The first kappa shape index (κ1) is 16.5. The summed E-state index contributed by atoms with van der Waals surface area (Å²) in [4.78, 5) is 14.8. The number of hydrogen-bond acceptors (Lipinski definition) is 4. The molecule has 0 aromatic heterocycles. The lowest BCUT2D eigenvalue weighted by atomic mass is 10.1. The number of piperazine rings is 1. The second-order valence-electron chi connectivity index (χ2n) is 6.53. The molecule has 126 valence electrons. The van der Waals surface area contributed by atoms with E-state index in [2.05, 4.69) is 5.32 Å². The van der Waals surface area contributed by atoms with Crippen molar-refractivity contribution < 1.29 is 13.2 Å². The highest BCUT2D eigenvalue weighted by Crippen LogP contribution is 2.29. The molecule has 2 aliphatic rings. The summed E-state index contributed by atoms with van der Waals surface area (Å²) in [5.74, 6) is -0.0242. The Bertz CT molecular complexity index is 664. The summed E-state index contributed by atoms with van der Waals surface area (Å²) in [5.41, 5.74) is 0.559. The van der Waals surface area contributed by atoms with Crippen molar-refractivity contribution >= 4 is 15.7 Å². The molecule has 5 nitrogen and oxygen atoms in total. The zero-order chi connectivity index (χ0) is 16.4. The molecule has 1 aliphatic heterocycles. The summed E-state index contributed by atoms with van der Waals surface area (Å²) >= 11 is 0. The molecule has 1 aromatic carbocycles. The molecule has 3 rings (SSSR count). The summed E-state index contributed by atoms with van der Waals surface area (Å²) in [5, 5.41) is 3.01. The first-order valence-electron chi connectivity index (χ1n) is 8.36. The van der Waals surface area contributed by atoms with E-state index in [0.717, 1.165) is 38.8 Å². The number of carbonyl (C=O) groups is 1. The van der Waals surface area contributed by atoms with Crippen molar-refractivity contribution in [1.29, 1.82) is 0 Å². The van der Waals surface area contributed by atoms with Crippen molar-refractivity contribution in [2.45, 2.75) is 48.8 Å². The fourth-order valence-electron chi connectivity index (χ4n) is 3.49. The molecule has 1 saturated carbocycles. The van der Waals surface area contributed by atoms with Crippen LogP contribution in [0.5, 0.6) is 0 Å². The summed E-state index contributed by atoms with van der Waals surface area (Å²) in [6.07, 6.45) is 3.48. The van der Waals surface area contributed by atoms with Gasteiger partial charge >= 0.3 is 0 Å². The fraction of sp³-hybridized carbons (Fsp3) is 0.588. The van der Waals surface area contributed by atoms with Gasteiger partial charge in [-0.05, 0) is 44.0 Å². The van der Waals surface area contributed by atoms with E-state index in [0.29, 0.717) is 17.0 Å². The molecule has 0 bridgehead atoms. The van der Waals surface area contributed by atoms with Crippen LogP contribution in [-0.4, -0.2) is 50.2 Å². The Morgan fingerprint density at radius 1 is 1.17 bits per heavy atom. The van der Waals surface area contributed by atoms with Gasteiger partial charge < -0.3 is 10.2 Å². The Labute approximate surface area is 138 Å². The Kier molecular flexibility index (Phi) is 4.73. The van der Waals surface area contributed by atoms with Gasteiger partial charge in [0, 0.05) is 31.2 Å². The topological polar surface area (TPSA) is 66.5 Å². The molecule has 23 heavy (non-hydrogen) atoms. The minimum Gasteiger partial charge on any atom is -0.333 e. The third-order valence-electron chi connectivity index (χ3n) is 4.93. The second kappa shape index (κ2) is 6.61.